The number of hydrogen-bond acceptors (Lipinski definition) is 4. The number of thiazole rings is 1. The van der Waals surface area contributed by atoms with Crippen LogP contribution in [0.2, 0.25) is 0 Å². The molecular formula is C23H31N4O2S+. The molecule has 1 aromatic carbocycles. The molecule has 2 amide bonds. The molecule has 2 N–H and O–H groups in total. The predicted octanol–water partition coefficient (Wildman–Crippen LogP) is 2.75. The van der Waals surface area contributed by atoms with Crippen LogP contribution in [0, 0.1) is 5.92 Å². The number of benzene rings is 1. The van der Waals surface area contributed by atoms with Crippen LogP contribution < -0.4 is 15.1 Å². The average molecular weight is 428 g/mol. The SMILES string of the molecule is CC(C)C(=O)N1CCc2cc(-c3csc(NC(=O)C[NH+]4CCCCCC4)n3)ccc21. The van der Waals surface area contributed by atoms with Crippen molar-refractivity contribution in [3.05, 3.63) is 29.1 Å². The number of rotatable bonds is 5. The van der Waals surface area contributed by atoms with Crippen LogP contribution in [0.4, 0.5) is 10.8 Å². The standard InChI is InChI=1S/C23H30N4O2S/c1-16(2)22(29)27-12-9-18-13-17(7-8-20(18)27)19-15-30-23(24-19)25-21(28)14-26-10-5-3-4-6-11-26/h7-8,13,15-16H,3-6,9-12,14H2,1-2H3,(H,24,25,28)/p+1. The third kappa shape index (κ3) is 4.73. The zero-order valence-electron chi connectivity index (χ0n) is 17.9. The second-order valence-corrected chi connectivity index (χ2v) is 9.52. The molecule has 0 unspecified atom stereocenters. The molecule has 2 aliphatic heterocycles. The maximum Gasteiger partial charge on any atom is 0.281 e. The molecule has 2 aliphatic rings. The van der Waals surface area contributed by atoms with Crippen molar-refractivity contribution in [1.82, 2.24) is 4.98 Å². The molecule has 0 saturated carbocycles. The number of nitrogens with zero attached hydrogens (tertiary/aromatic N) is 2. The Morgan fingerprint density at radius 3 is 2.70 bits per heavy atom. The Balaban J connectivity index is 1.40. The van der Waals surface area contributed by atoms with Crippen LogP contribution in [-0.2, 0) is 16.0 Å². The van der Waals surface area contributed by atoms with E-state index < -0.39 is 0 Å². The van der Waals surface area contributed by atoms with Gasteiger partial charge in [0.1, 0.15) is 0 Å². The van der Waals surface area contributed by atoms with Gasteiger partial charge in [-0.2, -0.15) is 0 Å². The summed E-state index contributed by atoms with van der Waals surface area (Å²) in [6.07, 6.45) is 5.86. The number of amides is 2. The molecule has 1 saturated heterocycles. The van der Waals surface area contributed by atoms with Crippen molar-refractivity contribution >= 4 is 34.0 Å². The maximum absolute atomic E-state index is 12.4. The van der Waals surface area contributed by atoms with E-state index in [9.17, 15) is 9.59 Å². The summed E-state index contributed by atoms with van der Waals surface area (Å²) in [5, 5.41) is 5.62. The average Bonchev–Trinajstić information content (AvgIpc) is 3.28. The topological polar surface area (TPSA) is 66.7 Å². The van der Waals surface area contributed by atoms with E-state index in [1.165, 1.54) is 47.5 Å². The van der Waals surface area contributed by atoms with Gasteiger partial charge in [0, 0.05) is 29.1 Å². The van der Waals surface area contributed by atoms with Gasteiger partial charge in [-0.1, -0.05) is 19.9 Å². The molecular weight excluding hydrogens is 396 g/mol. The van der Waals surface area contributed by atoms with Crippen molar-refractivity contribution in [2.24, 2.45) is 5.92 Å². The Morgan fingerprint density at radius 1 is 1.20 bits per heavy atom. The van der Waals surface area contributed by atoms with Gasteiger partial charge in [-0.3, -0.25) is 14.9 Å². The van der Waals surface area contributed by atoms with Crippen LogP contribution in [0.1, 0.15) is 45.1 Å². The van der Waals surface area contributed by atoms with E-state index in [0.717, 1.165) is 43.0 Å². The Labute approximate surface area is 182 Å². The molecule has 4 rings (SSSR count). The number of carbonyl (C=O) groups excluding carboxylic acids is 2. The Bertz CT molecular complexity index is 916. The summed E-state index contributed by atoms with van der Waals surface area (Å²) >= 11 is 1.46. The summed E-state index contributed by atoms with van der Waals surface area (Å²) in [5.41, 5.74) is 4.10. The smallest absolute Gasteiger partial charge is 0.281 e. The van der Waals surface area contributed by atoms with Gasteiger partial charge in [-0.15, -0.1) is 11.3 Å². The summed E-state index contributed by atoms with van der Waals surface area (Å²) in [6.45, 7) is 7.31. The number of hydrogen-bond donors (Lipinski definition) is 2. The molecule has 0 aliphatic carbocycles. The van der Waals surface area contributed by atoms with E-state index in [-0.39, 0.29) is 17.7 Å². The molecule has 1 aromatic heterocycles. The summed E-state index contributed by atoms with van der Waals surface area (Å²) in [5.74, 6) is 0.216. The molecule has 160 valence electrons. The van der Waals surface area contributed by atoms with Gasteiger partial charge >= 0.3 is 0 Å². The Kier molecular flexibility index (Phi) is 6.49. The first kappa shape index (κ1) is 21.0. The lowest BCUT2D eigenvalue weighted by Gasteiger charge is -2.19. The zero-order valence-corrected chi connectivity index (χ0v) is 18.7. The second kappa shape index (κ2) is 9.27. The Morgan fingerprint density at radius 2 is 1.97 bits per heavy atom. The molecule has 7 heteroatoms. The minimum absolute atomic E-state index is 0.00325. The van der Waals surface area contributed by atoms with Gasteiger partial charge in [-0.25, -0.2) is 4.98 Å². The monoisotopic (exact) mass is 427 g/mol. The maximum atomic E-state index is 12.4. The number of aromatic nitrogens is 1. The molecule has 0 radical (unpaired) electrons. The van der Waals surface area contributed by atoms with Crippen molar-refractivity contribution in [2.75, 3.05) is 36.4 Å². The lowest BCUT2D eigenvalue weighted by atomic mass is 10.1. The molecule has 3 heterocycles. The van der Waals surface area contributed by atoms with E-state index in [1.54, 1.807) is 0 Å². The minimum atomic E-state index is -0.00325. The lowest BCUT2D eigenvalue weighted by Crippen LogP contribution is -3.12. The van der Waals surface area contributed by atoms with Gasteiger partial charge in [0.2, 0.25) is 5.91 Å². The molecule has 30 heavy (non-hydrogen) atoms. The van der Waals surface area contributed by atoms with Crippen LogP contribution in [0.3, 0.4) is 0 Å². The third-order valence-electron chi connectivity index (χ3n) is 6.00. The highest BCUT2D eigenvalue weighted by molar-refractivity contribution is 7.14. The van der Waals surface area contributed by atoms with Crippen LogP contribution in [0.25, 0.3) is 11.3 Å². The predicted molar refractivity (Wildman–Crippen MR) is 121 cm³/mol. The van der Waals surface area contributed by atoms with Gasteiger partial charge < -0.3 is 9.80 Å². The second-order valence-electron chi connectivity index (χ2n) is 8.67. The van der Waals surface area contributed by atoms with E-state index in [1.807, 2.05) is 36.3 Å². The quantitative estimate of drug-likeness (QED) is 0.771. The van der Waals surface area contributed by atoms with Crippen molar-refractivity contribution in [1.29, 1.82) is 0 Å². The summed E-state index contributed by atoms with van der Waals surface area (Å²) in [6, 6.07) is 6.18. The number of nitrogens with one attached hydrogen (secondary N) is 2. The van der Waals surface area contributed by atoms with E-state index in [0.29, 0.717) is 11.7 Å². The van der Waals surface area contributed by atoms with Crippen LogP contribution >= 0.6 is 11.3 Å². The van der Waals surface area contributed by atoms with Crippen LogP contribution in [0.15, 0.2) is 23.6 Å². The first-order valence-electron chi connectivity index (χ1n) is 11.0. The van der Waals surface area contributed by atoms with Crippen LogP contribution in [-0.4, -0.2) is 43.0 Å². The van der Waals surface area contributed by atoms with Gasteiger partial charge in [0.05, 0.1) is 18.8 Å². The number of likely N-dealkylation sites (tertiary alicyclic amines) is 1. The largest absolute Gasteiger partial charge is 0.327 e. The molecule has 1 fully saturated rings. The first-order chi connectivity index (χ1) is 14.5. The summed E-state index contributed by atoms with van der Waals surface area (Å²) in [4.78, 5) is 32.8. The van der Waals surface area contributed by atoms with Gasteiger partial charge in [0.25, 0.3) is 5.91 Å². The molecule has 0 bridgehead atoms. The Hall–Kier alpha value is -2.25. The fourth-order valence-electron chi connectivity index (χ4n) is 4.36. The number of anilines is 2. The lowest BCUT2D eigenvalue weighted by molar-refractivity contribution is -0.890. The highest BCUT2D eigenvalue weighted by Gasteiger charge is 2.26. The van der Waals surface area contributed by atoms with Crippen molar-refractivity contribution in [2.45, 2.75) is 46.0 Å². The van der Waals surface area contributed by atoms with Crippen molar-refractivity contribution < 1.29 is 14.5 Å². The van der Waals surface area contributed by atoms with Gasteiger partial charge in [0.15, 0.2) is 11.7 Å². The van der Waals surface area contributed by atoms with Crippen molar-refractivity contribution in [3.8, 4) is 11.3 Å². The minimum Gasteiger partial charge on any atom is -0.327 e. The fraction of sp³-hybridized carbons (Fsp3) is 0.522. The zero-order chi connectivity index (χ0) is 21.1. The normalized spacial score (nSPS) is 17.1. The van der Waals surface area contributed by atoms with E-state index in [4.69, 9.17) is 0 Å². The molecule has 0 atom stereocenters. The molecule has 0 spiro atoms. The highest BCUT2D eigenvalue weighted by atomic mass is 32.1. The molecule has 2 aromatic rings. The van der Waals surface area contributed by atoms with Crippen LogP contribution in [0.5, 0.6) is 0 Å². The number of fused-ring (bicyclic) bond motifs is 1. The summed E-state index contributed by atoms with van der Waals surface area (Å²) in [7, 11) is 0. The van der Waals surface area contributed by atoms with E-state index >= 15 is 0 Å². The first-order valence-corrected chi connectivity index (χ1v) is 11.9. The van der Waals surface area contributed by atoms with E-state index in [2.05, 4.69) is 16.4 Å². The number of quaternary nitrogens is 1. The summed E-state index contributed by atoms with van der Waals surface area (Å²) < 4.78 is 0. The highest BCUT2D eigenvalue weighted by Crippen LogP contribution is 2.34. The molecule has 6 nitrogen and oxygen atoms in total. The fourth-order valence-corrected chi connectivity index (χ4v) is 5.10. The number of carbonyl (C=O) groups is 2. The van der Waals surface area contributed by atoms with Crippen molar-refractivity contribution in [3.63, 3.8) is 0 Å². The third-order valence-corrected chi connectivity index (χ3v) is 6.76. The van der Waals surface area contributed by atoms with Gasteiger partial charge in [-0.05, 0) is 49.8 Å².